The summed E-state index contributed by atoms with van der Waals surface area (Å²) in [5, 5.41) is 3.13. The van der Waals surface area contributed by atoms with Crippen molar-refractivity contribution >= 4 is 23.2 Å². The van der Waals surface area contributed by atoms with Crippen LogP contribution < -0.4 is 15.0 Å². The van der Waals surface area contributed by atoms with Crippen LogP contribution in [0, 0.1) is 13.8 Å². The molecule has 2 amide bonds. The number of imide groups is 1. The summed E-state index contributed by atoms with van der Waals surface area (Å²) >= 11 is 0. The quantitative estimate of drug-likeness (QED) is 0.878. The summed E-state index contributed by atoms with van der Waals surface area (Å²) in [5.74, 6) is 0.208. The smallest absolute Gasteiger partial charge is 0.256 e. The lowest BCUT2D eigenvalue weighted by Gasteiger charge is -2.19. The average molecular weight is 324 g/mol. The Bertz CT molecular complexity index is 801. The van der Waals surface area contributed by atoms with Crippen LogP contribution in [-0.4, -0.2) is 25.0 Å². The molecule has 0 bridgehead atoms. The van der Waals surface area contributed by atoms with Gasteiger partial charge in [0.25, 0.3) is 5.91 Å². The summed E-state index contributed by atoms with van der Waals surface area (Å²) in [6.45, 7) is 3.89. The second kappa shape index (κ2) is 6.35. The number of hydrogen-bond donors (Lipinski definition) is 1. The van der Waals surface area contributed by atoms with Crippen molar-refractivity contribution in [2.45, 2.75) is 26.3 Å². The molecule has 0 aliphatic carbocycles. The molecule has 1 aliphatic heterocycles. The molecular formula is C19H20N2O3. The minimum Gasteiger partial charge on any atom is -0.495 e. The van der Waals surface area contributed by atoms with Crippen LogP contribution in [0.1, 0.15) is 17.5 Å². The number of ether oxygens (including phenoxy) is 1. The molecular weight excluding hydrogens is 304 g/mol. The molecule has 1 saturated heterocycles. The van der Waals surface area contributed by atoms with E-state index in [1.165, 1.54) is 4.90 Å². The van der Waals surface area contributed by atoms with E-state index in [0.29, 0.717) is 17.1 Å². The maximum atomic E-state index is 12.8. The molecule has 3 rings (SSSR count). The van der Waals surface area contributed by atoms with Crippen molar-refractivity contribution in [3.8, 4) is 5.75 Å². The summed E-state index contributed by atoms with van der Waals surface area (Å²) < 4.78 is 5.29. The average Bonchev–Trinajstić information content (AvgIpc) is 2.83. The highest BCUT2D eigenvalue weighted by atomic mass is 16.5. The highest BCUT2D eigenvalue weighted by molar-refractivity contribution is 6.23. The predicted octanol–water partition coefficient (Wildman–Crippen LogP) is 3.06. The highest BCUT2D eigenvalue weighted by Crippen LogP contribution is 2.30. The van der Waals surface area contributed by atoms with Crippen molar-refractivity contribution in [1.82, 2.24) is 0 Å². The van der Waals surface area contributed by atoms with Gasteiger partial charge in [-0.3, -0.25) is 9.59 Å². The largest absolute Gasteiger partial charge is 0.495 e. The number of benzene rings is 2. The van der Waals surface area contributed by atoms with Gasteiger partial charge in [-0.2, -0.15) is 0 Å². The Morgan fingerprint density at radius 2 is 1.88 bits per heavy atom. The van der Waals surface area contributed by atoms with Crippen LogP contribution in [-0.2, 0) is 9.59 Å². The van der Waals surface area contributed by atoms with E-state index in [-0.39, 0.29) is 18.2 Å². The van der Waals surface area contributed by atoms with Crippen LogP contribution in [0.4, 0.5) is 11.4 Å². The van der Waals surface area contributed by atoms with E-state index in [1.54, 1.807) is 7.11 Å². The minimum absolute atomic E-state index is 0.129. The molecule has 0 aromatic heterocycles. The number of amides is 2. The Hall–Kier alpha value is -2.82. The maximum Gasteiger partial charge on any atom is 0.256 e. The van der Waals surface area contributed by atoms with Crippen molar-refractivity contribution in [3.05, 3.63) is 53.6 Å². The number of methoxy groups -OCH3 is 1. The third-order valence-corrected chi connectivity index (χ3v) is 4.18. The first-order valence-electron chi connectivity index (χ1n) is 7.85. The van der Waals surface area contributed by atoms with Gasteiger partial charge in [0.2, 0.25) is 5.91 Å². The van der Waals surface area contributed by atoms with Crippen LogP contribution in [0.2, 0.25) is 0 Å². The van der Waals surface area contributed by atoms with E-state index in [1.807, 2.05) is 56.3 Å². The molecule has 1 heterocycles. The summed E-state index contributed by atoms with van der Waals surface area (Å²) in [5.41, 5.74) is 3.36. The zero-order chi connectivity index (χ0) is 17.3. The fourth-order valence-electron chi connectivity index (χ4n) is 3.01. The number of para-hydroxylation sites is 2. The molecule has 0 saturated carbocycles. The predicted molar refractivity (Wildman–Crippen MR) is 93.4 cm³/mol. The Kier molecular flexibility index (Phi) is 4.25. The lowest BCUT2D eigenvalue weighted by molar-refractivity contribution is -0.121. The van der Waals surface area contributed by atoms with Crippen molar-refractivity contribution in [2.75, 3.05) is 17.3 Å². The number of nitrogens with zero attached hydrogens (tertiary/aromatic N) is 1. The van der Waals surface area contributed by atoms with Gasteiger partial charge in [0.1, 0.15) is 11.8 Å². The fourth-order valence-corrected chi connectivity index (χ4v) is 3.01. The molecule has 2 aromatic carbocycles. The molecule has 1 aliphatic rings. The first-order valence-corrected chi connectivity index (χ1v) is 7.85. The molecule has 1 atom stereocenters. The summed E-state index contributed by atoms with van der Waals surface area (Å²) in [6, 6.07) is 12.5. The van der Waals surface area contributed by atoms with Crippen LogP contribution in [0.25, 0.3) is 0 Å². The molecule has 1 N–H and O–H groups in total. The van der Waals surface area contributed by atoms with E-state index in [0.717, 1.165) is 11.1 Å². The number of hydrogen-bond acceptors (Lipinski definition) is 4. The molecule has 1 fully saturated rings. The number of carbonyl (C=O) groups excluding carboxylic acids is 2. The SMILES string of the molecule is COc1ccccc1NC1CC(=O)N(c2ccc(C)cc2C)C1=O. The summed E-state index contributed by atoms with van der Waals surface area (Å²) in [6.07, 6.45) is 0.129. The van der Waals surface area contributed by atoms with Gasteiger partial charge >= 0.3 is 0 Å². The van der Waals surface area contributed by atoms with Gasteiger partial charge in [-0.25, -0.2) is 4.90 Å². The number of anilines is 2. The lowest BCUT2D eigenvalue weighted by Crippen LogP contribution is -2.35. The number of rotatable bonds is 4. The summed E-state index contributed by atoms with van der Waals surface area (Å²) in [7, 11) is 1.57. The Morgan fingerprint density at radius 3 is 2.58 bits per heavy atom. The zero-order valence-corrected chi connectivity index (χ0v) is 14.0. The molecule has 5 nitrogen and oxygen atoms in total. The van der Waals surface area contributed by atoms with E-state index in [4.69, 9.17) is 4.74 Å². The first kappa shape index (κ1) is 16.1. The van der Waals surface area contributed by atoms with Gasteiger partial charge in [-0.05, 0) is 37.6 Å². The van der Waals surface area contributed by atoms with Crippen molar-refractivity contribution in [3.63, 3.8) is 0 Å². The molecule has 0 spiro atoms. The van der Waals surface area contributed by atoms with Crippen LogP contribution >= 0.6 is 0 Å². The van der Waals surface area contributed by atoms with Crippen LogP contribution in [0.5, 0.6) is 5.75 Å². The third kappa shape index (κ3) is 2.85. The van der Waals surface area contributed by atoms with Crippen LogP contribution in [0.15, 0.2) is 42.5 Å². The Balaban J connectivity index is 1.86. The van der Waals surface area contributed by atoms with E-state index in [2.05, 4.69) is 5.32 Å². The van der Waals surface area contributed by atoms with Crippen LogP contribution in [0.3, 0.4) is 0 Å². The molecule has 5 heteroatoms. The lowest BCUT2D eigenvalue weighted by atomic mass is 10.1. The second-order valence-corrected chi connectivity index (χ2v) is 5.96. The normalized spacial score (nSPS) is 17.3. The Labute approximate surface area is 141 Å². The van der Waals surface area contributed by atoms with Gasteiger partial charge in [0.15, 0.2) is 0 Å². The van der Waals surface area contributed by atoms with E-state index >= 15 is 0 Å². The van der Waals surface area contributed by atoms with E-state index in [9.17, 15) is 9.59 Å². The van der Waals surface area contributed by atoms with Crippen molar-refractivity contribution < 1.29 is 14.3 Å². The maximum absolute atomic E-state index is 12.8. The monoisotopic (exact) mass is 324 g/mol. The first-order chi connectivity index (χ1) is 11.5. The number of aryl methyl sites for hydroxylation is 2. The third-order valence-electron chi connectivity index (χ3n) is 4.18. The van der Waals surface area contributed by atoms with Gasteiger partial charge in [-0.1, -0.05) is 29.8 Å². The second-order valence-electron chi connectivity index (χ2n) is 5.96. The summed E-state index contributed by atoms with van der Waals surface area (Å²) in [4.78, 5) is 26.5. The molecule has 0 radical (unpaired) electrons. The molecule has 24 heavy (non-hydrogen) atoms. The zero-order valence-electron chi connectivity index (χ0n) is 14.0. The minimum atomic E-state index is -0.588. The molecule has 124 valence electrons. The number of carbonyl (C=O) groups is 2. The molecule has 2 aromatic rings. The Morgan fingerprint density at radius 1 is 1.12 bits per heavy atom. The van der Waals surface area contributed by atoms with Crippen molar-refractivity contribution in [2.24, 2.45) is 0 Å². The standard InChI is InChI=1S/C19H20N2O3/c1-12-8-9-16(13(2)10-12)21-18(22)11-15(19(21)23)20-14-6-4-5-7-17(14)24-3/h4-10,15,20H,11H2,1-3H3. The topological polar surface area (TPSA) is 58.6 Å². The molecule has 1 unspecified atom stereocenters. The van der Waals surface area contributed by atoms with E-state index < -0.39 is 6.04 Å². The van der Waals surface area contributed by atoms with Gasteiger partial charge in [0, 0.05) is 0 Å². The van der Waals surface area contributed by atoms with Gasteiger partial charge in [0.05, 0.1) is 24.9 Å². The van der Waals surface area contributed by atoms with Gasteiger partial charge < -0.3 is 10.1 Å². The highest BCUT2D eigenvalue weighted by Gasteiger charge is 2.40. The van der Waals surface area contributed by atoms with Crippen molar-refractivity contribution in [1.29, 1.82) is 0 Å². The fraction of sp³-hybridized carbons (Fsp3) is 0.263. The van der Waals surface area contributed by atoms with Gasteiger partial charge in [-0.15, -0.1) is 0 Å². The number of nitrogens with one attached hydrogen (secondary N) is 1.